The summed E-state index contributed by atoms with van der Waals surface area (Å²) in [6.45, 7) is 0.862. The Balaban J connectivity index is 2.61. The van der Waals surface area contributed by atoms with Crippen molar-refractivity contribution >= 4 is 5.91 Å². The summed E-state index contributed by atoms with van der Waals surface area (Å²) in [7, 11) is 0. The monoisotopic (exact) mass is 258 g/mol. The Morgan fingerprint density at radius 1 is 1.41 bits per heavy atom. The van der Waals surface area contributed by atoms with Crippen molar-refractivity contribution < 1.29 is 31.2 Å². The highest BCUT2D eigenvalue weighted by molar-refractivity contribution is 5.84. The van der Waals surface area contributed by atoms with Gasteiger partial charge in [0.1, 0.15) is 5.76 Å². The molecular weight excluding hydrogens is 251 g/mol. The Morgan fingerprint density at radius 3 is 2.41 bits per heavy atom. The van der Waals surface area contributed by atoms with Crippen LogP contribution in [0.1, 0.15) is 11.7 Å². The van der Waals surface area contributed by atoms with Crippen LogP contribution in [0.3, 0.4) is 0 Å². The molecule has 0 bridgehead atoms. The quantitative estimate of drug-likeness (QED) is 0.841. The van der Waals surface area contributed by atoms with Crippen LogP contribution in [0.5, 0.6) is 0 Å². The number of oxazole rings is 1. The molecule has 0 saturated carbocycles. The van der Waals surface area contributed by atoms with E-state index in [0.717, 1.165) is 0 Å². The van der Waals surface area contributed by atoms with Crippen molar-refractivity contribution in [2.45, 2.75) is 25.6 Å². The molecule has 1 rings (SSSR count). The number of carbonyl (C=O) groups is 1. The molecule has 9 heteroatoms. The first-order valence-electron chi connectivity index (χ1n) is 4.28. The molecule has 4 nitrogen and oxygen atoms in total. The van der Waals surface area contributed by atoms with E-state index in [2.05, 4.69) is 4.98 Å². The zero-order valence-electron chi connectivity index (χ0n) is 8.44. The fraction of sp³-hybridized carbons (Fsp3) is 0.500. The van der Waals surface area contributed by atoms with E-state index >= 15 is 0 Å². The molecule has 0 aliphatic carbocycles. The summed E-state index contributed by atoms with van der Waals surface area (Å²) in [6.07, 6.45) is -4.69. The third-order valence-electron chi connectivity index (χ3n) is 1.71. The van der Waals surface area contributed by atoms with Gasteiger partial charge in [0.2, 0.25) is 5.89 Å². The molecule has 1 amide bonds. The topological polar surface area (TPSA) is 55.1 Å². The van der Waals surface area contributed by atoms with Crippen LogP contribution in [0.25, 0.3) is 0 Å². The van der Waals surface area contributed by atoms with Crippen molar-refractivity contribution in [3.05, 3.63) is 17.8 Å². The van der Waals surface area contributed by atoms with Crippen molar-refractivity contribution in [1.82, 2.24) is 10.3 Å². The van der Waals surface area contributed by atoms with Gasteiger partial charge in [0.25, 0.3) is 0 Å². The lowest BCUT2D eigenvalue weighted by Crippen LogP contribution is -2.50. The number of carbonyl (C=O) groups excluding carboxylic acids is 1. The van der Waals surface area contributed by atoms with Crippen molar-refractivity contribution in [2.24, 2.45) is 0 Å². The molecule has 1 N–H and O–H groups in total. The maximum Gasteiger partial charge on any atom is 0.463 e. The zero-order valence-corrected chi connectivity index (χ0v) is 8.44. The van der Waals surface area contributed by atoms with Gasteiger partial charge in [-0.2, -0.15) is 22.0 Å². The summed E-state index contributed by atoms with van der Waals surface area (Å²) in [6, 6.07) is 0. The summed E-state index contributed by atoms with van der Waals surface area (Å²) in [5, 5.41) is 1.39. The molecule has 0 spiro atoms. The van der Waals surface area contributed by atoms with Gasteiger partial charge in [-0.15, -0.1) is 0 Å². The molecule has 96 valence electrons. The number of aryl methyl sites for hydroxylation is 1. The summed E-state index contributed by atoms with van der Waals surface area (Å²) in [5.41, 5.74) is 0. The lowest BCUT2D eigenvalue weighted by molar-refractivity contribution is -0.269. The molecule has 0 atom stereocenters. The number of hydrogen-bond acceptors (Lipinski definition) is 3. The van der Waals surface area contributed by atoms with E-state index in [-0.39, 0.29) is 5.89 Å². The Hall–Kier alpha value is -1.67. The highest BCUT2D eigenvalue weighted by Crippen LogP contribution is 2.35. The van der Waals surface area contributed by atoms with Crippen LogP contribution in [-0.4, -0.2) is 23.0 Å². The fourth-order valence-corrected chi connectivity index (χ4v) is 0.879. The first kappa shape index (κ1) is 13.4. The second kappa shape index (κ2) is 4.30. The number of halogens is 5. The fourth-order valence-electron chi connectivity index (χ4n) is 0.879. The smallest absolute Gasteiger partial charge is 0.444 e. The SMILES string of the molecule is Cc1cnc(CNC(=O)C(F)(F)C(F)(F)F)o1. The van der Waals surface area contributed by atoms with E-state index in [9.17, 15) is 26.7 Å². The zero-order chi connectivity index (χ0) is 13.3. The van der Waals surface area contributed by atoms with E-state index in [1.807, 2.05) is 0 Å². The number of aromatic nitrogens is 1. The normalized spacial score (nSPS) is 12.6. The van der Waals surface area contributed by atoms with Crippen molar-refractivity contribution in [2.75, 3.05) is 0 Å². The van der Waals surface area contributed by atoms with Crippen LogP contribution in [0.2, 0.25) is 0 Å². The molecule has 1 aromatic rings. The Kier molecular flexibility index (Phi) is 3.39. The van der Waals surface area contributed by atoms with Crippen molar-refractivity contribution in [3.63, 3.8) is 0 Å². The van der Waals surface area contributed by atoms with Crippen LogP contribution >= 0.6 is 0 Å². The van der Waals surface area contributed by atoms with Crippen LogP contribution in [-0.2, 0) is 11.3 Å². The minimum Gasteiger partial charge on any atom is -0.444 e. The largest absolute Gasteiger partial charge is 0.463 e. The molecule has 0 fully saturated rings. The van der Waals surface area contributed by atoms with Gasteiger partial charge in [-0.25, -0.2) is 4.98 Å². The van der Waals surface area contributed by atoms with Gasteiger partial charge in [0.05, 0.1) is 12.7 Å². The predicted octanol–water partition coefficient (Wildman–Crippen LogP) is 1.80. The van der Waals surface area contributed by atoms with Crippen LogP contribution < -0.4 is 5.32 Å². The number of alkyl halides is 5. The molecule has 0 radical (unpaired) electrons. The number of nitrogens with one attached hydrogen (secondary N) is 1. The molecule has 0 unspecified atom stereocenters. The van der Waals surface area contributed by atoms with E-state index in [1.165, 1.54) is 18.4 Å². The summed E-state index contributed by atoms with van der Waals surface area (Å²) < 4.78 is 65.0. The standard InChI is InChI=1S/C8H7F5N2O2/c1-4-2-14-5(17-4)3-15-6(16)7(9,10)8(11,12)13/h2H,3H2,1H3,(H,15,16). The molecule has 0 aliphatic rings. The molecular formula is C8H7F5N2O2. The average molecular weight is 258 g/mol. The average Bonchev–Trinajstić information content (AvgIpc) is 2.58. The second-order valence-electron chi connectivity index (χ2n) is 3.12. The second-order valence-corrected chi connectivity index (χ2v) is 3.12. The molecule has 0 aromatic carbocycles. The maximum absolute atomic E-state index is 12.4. The minimum absolute atomic E-state index is 0.158. The lowest BCUT2D eigenvalue weighted by Gasteiger charge is -2.17. The molecule has 0 aliphatic heterocycles. The van der Waals surface area contributed by atoms with E-state index in [0.29, 0.717) is 5.76 Å². The van der Waals surface area contributed by atoms with Gasteiger partial charge < -0.3 is 9.73 Å². The van der Waals surface area contributed by atoms with Gasteiger partial charge >= 0.3 is 18.0 Å². The summed E-state index contributed by atoms with van der Waals surface area (Å²) in [5.74, 6) is -7.69. The van der Waals surface area contributed by atoms with Crippen LogP contribution in [0, 0.1) is 6.92 Å². The number of amides is 1. The minimum atomic E-state index is -5.93. The maximum atomic E-state index is 12.4. The molecule has 17 heavy (non-hydrogen) atoms. The number of hydrogen-bond donors (Lipinski definition) is 1. The summed E-state index contributed by atoms with van der Waals surface area (Å²) in [4.78, 5) is 14.2. The van der Waals surface area contributed by atoms with Gasteiger partial charge in [0, 0.05) is 0 Å². The van der Waals surface area contributed by atoms with Gasteiger partial charge in [-0.05, 0) is 6.92 Å². The summed E-state index contributed by atoms with van der Waals surface area (Å²) >= 11 is 0. The number of rotatable bonds is 3. The van der Waals surface area contributed by atoms with E-state index in [1.54, 1.807) is 0 Å². The van der Waals surface area contributed by atoms with Gasteiger partial charge in [-0.1, -0.05) is 0 Å². The predicted molar refractivity (Wildman–Crippen MR) is 44.1 cm³/mol. The van der Waals surface area contributed by atoms with Crippen LogP contribution in [0.15, 0.2) is 10.6 Å². The Morgan fingerprint density at radius 2 is 2.00 bits per heavy atom. The lowest BCUT2D eigenvalue weighted by atomic mass is 10.3. The van der Waals surface area contributed by atoms with Gasteiger partial charge in [-0.3, -0.25) is 4.79 Å². The van der Waals surface area contributed by atoms with Gasteiger partial charge in [0.15, 0.2) is 0 Å². The van der Waals surface area contributed by atoms with E-state index in [4.69, 9.17) is 4.42 Å². The van der Waals surface area contributed by atoms with Crippen molar-refractivity contribution in [1.29, 1.82) is 0 Å². The first-order valence-corrected chi connectivity index (χ1v) is 4.28. The first-order chi connectivity index (χ1) is 7.64. The molecule has 1 heterocycles. The Bertz CT molecular complexity index is 412. The van der Waals surface area contributed by atoms with Crippen molar-refractivity contribution in [3.8, 4) is 0 Å². The Labute approximate surface area is 91.8 Å². The highest BCUT2D eigenvalue weighted by Gasteiger charge is 2.63. The number of nitrogens with zero attached hydrogens (tertiary/aromatic N) is 1. The van der Waals surface area contributed by atoms with E-state index < -0.39 is 24.6 Å². The van der Waals surface area contributed by atoms with Crippen LogP contribution in [0.4, 0.5) is 22.0 Å². The third kappa shape index (κ3) is 2.92. The third-order valence-corrected chi connectivity index (χ3v) is 1.71. The molecule has 1 aromatic heterocycles. The highest BCUT2D eigenvalue weighted by atomic mass is 19.4. The molecule has 0 saturated heterocycles.